The Hall–Kier alpha value is -1.55. The van der Waals surface area contributed by atoms with E-state index in [1.807, 2.05) is 20.0 Å². The van der Waals surface area contributed by atoms with E-state index >= 15 is 0 Å². The highest BCUT2D eigenvalue weighted by atomic mass is 16.4. The van der Waals surface area contributed by atoms with Crippen LogP contribution >= 0.6 is 0 Å². The first-order valence-electron chi connectivity index (χ1n) is 4.40. The van der Waals surface area contributed by atoms with Gasteiger partial charge in [-0.2, -0.15) is 0 Å². The van der Waals surface area contributed by atoms with Crippen LogP contribution in [0.15, 0.2) is 28.9 Å². The van der Waals surface area contributed by atoms with Gasteiger partial charge in [0.1, 0.15) is 17.3 Å². The number of hydrogen-bond donors (Lipinski definition) is 1. The first kappa shape index (κ1) is 9.02. The van der Waals surface area contributed by atoms with Gasteiger partial charge in [0.25, 0.3) is 0 Å². The molecule has 14 heavy (non-hydrogen) atoms. The summed E-state index contributed by atoms with van der Waals surface area (Å²) in [6.45, 7) is 1.84. The topological polar surface area (TPSA) is 51.2 Å². The average Bonchev–Trinajstić information content (AvgIpc) is 2.73. The van der Waals surface area contributed by atoms with Gasteiger partial charge in [-0.05, 0) is 19.1 Å². The summed E-state index contributed by atoms with van der Waals surface area (Å²) in [4.78, 5) is 4.05. The van der Waals surface area contributed by atoms with Gasteiger partial charge < -0.3 is 14.1 Å². The third kappa shape index (κ3) is 1.44. The molecule has 2 aromatic heterocycles. The molecule has 2 heterocycles. The molecular formula is C10H12N2O2. The van der Waals surface area contributed by atoms with Crippen LogP contribution in [-0.2, 0) is 7.05 Å². The van der Waals surface area contributed by atoms with E-state index in [0.29, 0.717) is 11.6 Å². The van der Waals surface area contributed by atoms with Crippen LogP contribution in [0.4, 0.5) is 0 Å². The predicted octanol–water partition coefficient (Wildman–Crippen LogP) is 1.40. The van der Waals surface area contributed by atoms with Gasteiger partial charge in [0.15, 0.2) is 6.10 Å². The van der Waals surface area contributed by atoms with Gasteiger partial charge in [-0.1, -0.05) is 0 Å². The maximum atomic E-state index is 9.90. The normalized spacial score (nSPS) is 13.1. The van der Waals surface area contributed by atoms with Crippen molar-refractivity contribution in [2.45, 2.75) is 13.0 Å². The van der Waals surface area contributed by atoms with Crippen molar-refractivity contribution in [3.05, 3.63) is 41.9 Å². The van der Waals surface area contributed by atoms with Gasteiger partial charge in [-0.25, -0.2) is 4.98 Å². The first-order chi connectivity index (χ1) is 6.68. The zero-order valence-electron chi connectivity index (χ0n) is 8.14. The van der Waals surface area contributed by atoms with Gasteiger partial charge in [-0.3, -0.25) is 0 Å². The summed E-state index contributed by atoms with van der Waals surface area (Å²) >= 11 is 0. The second-order valence-electron chi connectivity index (χ2n) is 3.25. The molecule has 2 rings (SSSR count). The van der Waals surface area contributed by atoms with E-state index < -0.39 is 6.10 Å². The minimum Gasteiger partial charge on any atom is -0.463 e. The highest BCUT2D eigenvalue weighted by Crippen LogP contribution is 2.21. The van der Waals surface area contributed by atoms with Crippen molar-refractivity contribution in [2.24, 2.45) is 7.05 Å². The molecule has 0 spiro atoms. The molecule has 0 unspecified atom stereocenters. The Kier molecular flexibility index (Phi) is 2.13. The average molecular weight is 192 g/mol. The van der Waals surface area contributed by atoms with Crippen molar-refractivity contribution in [3.63, 3.8) is 0 Å². The molecule has 4 heteroatoms. The molecule has 0 aliphatic rings. The number of nitrogens with zero attached hydrogens (tertiary/aromatic N) is 2. The highest BCUT2D eigenvalue weighted by molar-refractivity contribution is 5.15. The molecule has 0 aliphatic carbocycles. The molecule has 0 saturated carbocycles. The molecule has 0 bridgehead atoms. The summed E-state index contributed by atoms with van der Waals surface area (Å²) in [6, 6.07) is 3.58. The zero-order valence-corrected chi connectivity index (χ0v) is 8.14. The van der Waals surface area contributed by atoms with Crippen LogP contribution in [0.5, 0.6) is 0 Å². The molecule has 0 fully saturated rings. The SMILES string of the molecule is Cc1ccc([C@H](O)c2nccn2C)o1. The lowest BCUT2D eigenvalue weighted by molar-refractivity contribution is 0.175. The minimum atomic E-state index is -0.788. The van der Waals surface area contributed by atoms with Crippen molar-refractivity contribution >= 4 is 0 Å². The summed E-state index contributed by atoms with van der Waals surface area (Å²) < 4.78 is 7.09. The van der Waals surface area contributed by atoms with Crippen molar-refractivity contribution in [3.8, 4) is 0 Å². The lowest BCUT2D eigenvalue weighted by Crippen LogP contribution is -2.05. The summed E-state index contributed by atoms with van der Waals surface area (Å²) in [5.74, 6) is 1.89. The van der Waals surface area contributed by atoms with Crippen LogP contribution in [0.3, 0.4) is 0 Å². The van der Waals surface area contributed by atoms with Crippen LogP contribution in [0.2, 0.25) is 0 Å². The van der Waals surface area contributed by atoms with Gasteiger partial charge in [0.2, 0.25) is 0 Å². The van der Waals surface area contributed by atoms with Gasteiger partial charge in [0, 0.05) is 19.4 Å². The van der Waals surface area contributed by atoms with Crippen molar-refractivity contribution in [2.75, 3.05) is 0 Å². The van der Waals surface area contributed by atoms with E-state index in [9.17, 15) is 5.11 Å². The molecule has 4 nitrogen and oxygen atoms in total. The largest absolute Gasteiger partial charge is 0.463 e. The monoisotopic (exact) mass is 192 g/mol. The number of imidazole rings is 1. The van der Waals surface area contributed by atoms with Crippen molar-refractivity contribution in [1.29, 1.82) is 0 Å². The van der Waals surface area contributed by atoms with E-state index in [-0.39, 0.29) is 0 Å². The lowest BCUT2D eigenvalue weighted by atomic mass is 10.2. The number of aryl methyl sites for hydroxylation is 2. The standard InChI is InChI=1S/C10H12N2O2/c1-7-3-4-8(14-7)9(13)10-11-5-6-12(10)2/h3-6,9,13H,1-2H3/t9-/m0/s1. The Labute approximate surface area is 81.8 Å². The fourth-order valence-corrected chi connectivity index (χ4v) is 1.37. The molecule has 74 valence electrons. The molecule has 1 N–H and O–H groups in total. The molecule has 0 aromatic carbocycles. The Morgan fingerprint density at radius 3 is 2.79 bits per heavy atom. The summed E-state index contributed by atoms with van der Waals surface area (Å²) in [7, 11) is 1.83. The van der Waals surface area contributed by atoms with E-state index in [1.54, 1.807) is 23.0 Å². The molecule has 0 amide bonds. The number of aromatic nitrogens is 2. The number of aliphatic hydroxyl groups excluding tert-OH is 1. The zero-order chi connectivity index (χ0) is 10.1. The molecule has 2 aromatic rings. The second-order valence-corrected chi connectivity index (χ2v) is 3.25. The van der Waals surface area contributed by atoms with Crippen molar-refractivity contribution < 1.29 is 9.52 Å². The highest BCUT2D eigenvalue weighted by Gasteiger charge is 2.17. The Morgan fingerprint density at radius 1 is 1.50 bits per heavy atom. The maximum absolute atomic E-state index is 9.90. The van der Waals surface area contributed by atoms with Crippen LogP contribution in [0, 0.1) is 6.92 Å². The lowest BCUT2D eigenvalue weighted by Gasteiger charge is -2.07. The van der Waals surface area contributed by atoms with E-state index in [1.165, 1.54) is 0 Å². The van der Waals surface area contributed by atoms with Crippen LogP contribution in [-0.4, -0.2) is 14.7 Å². The predicted molar refractivity (Wildman–Crippen MR) is 50.7 cm³/mol. The Morgan fingerprint density at radius 2 is 2.29 bits per heavy atom. The molecule has 0 aliphatic heterocycles. The number of hydrogen-bond acceptors (Lipinski definition) is 3. The fraction of sp³-hybridized carbons (Fsp3) is 0.300. The molecule has 1 atom stereocenters. The number of rotatable bonds is 2. The third-order valence-corrected chi connectivity index (χ3v) is 2.13. The van der Waals surface area contributed by atoms with Gasteiger partial charge >= 0.3 is 0 Å². The summed E-state index contributed by atoms with van der Waals surface area (Å²) in [5.41, 5.74) is 0. The van der Waals surface area contributed by atoms with E-state index in [4.69, 9.17) is 4.42 Å². The molecular weight excluding hydrogens is 180 g/mol. The quantitative estimate of drug-likeness (QED) is 0.782. The van der Waals surface area contributed by atoms with E-state index in [2.05, 4.69) is 4.98 Å². The minimum absolute atomic E-state index is 0.525. The fourth-order valence-electron chi connectivity index (χ4n) is 1.37. The van der Waals surface area contributed by atoms with Crippen LogP contribution in [0.1, 0.15) is 23.4 Å². The number of furan rings is 1. The van der Waals surface area contributed by atoms with Gasteiger partial charge in [0.05, 0.1) is 0 Å². The number of aliphatic hydroxyl groups is 1. The van der Waals surface area contributed by atoms with E-state index in [0.717, 1.165) is 5.76 Å². The van der Waals surface area contributed by atoms with Crippen LogP contribution in [0.25, 0.3) is 0 Å². The maximum Gasteiger partial charge on any atom is 0.169 e. The molecule has 0 saturated heterocycles. The Balaban J connectivity index is 2.33. The first-order valence-corrected chi connectivity index (χ1v) is 4.40. The molecule has 0 radical (unpaired) electrons. The second kappa shape index (κ2) is 3.31. The third-order valence-electron chi connectivity index (χ3n) is 2.13. The van der Waals surface area contributed by atoms with Gasteiger partial charge in [-0.15, -0.1) is 0 Å². The van der Waals surface area contributed by atoms with Crippen molar-refractivity contribution in [1.82, 2.24) is 9.55 Å². The van der Waals surface area contributed by atoms with Crippen LogP contribution < -0.4 is 0 Å². The summed E-state index contributed by atoms with van der Waals surface area (Å²) in [6.07, 6.45) is 2.64. The smallest absolute Gasteiger partial charge is 0.169 e. The Bertz CT molecular complexity index is 431. The summed E-state index contributed by atoms with van der Waals surface area (Å²) in [5, 5.41) is 9.90.